The molecule has 0 spiro atoms. The van der Waals surface area contributed by atoms with E-state index in [1.165, 1.54) is 19.3 Å². The monoisotopic (exact) mass is 272 g/mol. The third-order valence-electron chi connectivity index (χ3n) is 3.82. The third-order valence-corrected chi connectivity index (χ3v) is 3.82. The molecule has 0 radical (unpaired) electrons. The Kier molecular flexibility index (Phi) is 11.6. The van der Waals surface area contributed by atoms with Crippen molar-refractivity contribution in [2.45, 2.75) is 71.8 Å². The maximum absolute atomic E-state index is 3.65. The number of hydrogen-bond acceptors (Lipinski definition) is 4. The Morgan fingerprint density at radius 3 is 2.26 bits per heavy atom. The molecule has 4 heteroatoms. The maximum atomic E-state index is 3.65. The Labute approximate surface area is 120 Å². The molecule has 0 heterocycles. The molecule has 0 saturated carbocycles. The van der Waals surface area contributed by atoms with Crippen molar-refractivity contribution in [2.75, 3.05) is 27.2 Å². The Bertz CT molecular complexity index is 195. The quantitative estimate of drug-likeness (QED) is 0.375. The molecule has 3 N–H and O–H groups in total. The lowest BCUT2D eigenvalue weighted by Gasteiger charge is -2.32. The zero-order valence-electron chi connectivity index (χ0n) is 13.9. The van der Waals surface area contributed by atoms with E-state index in [0.29, 0.717) is 18.4 Å². The zero-order chi connectivity index (χ0) is 14.7. The predicted octanol–water partition coefficient (Wildman–Crippen LogP) is 1.98. The molecule has 0 aliphatic rings. The first kappa shape index (κ1) is 18.8. The van der Waals surface area contributed by atoms with Gasteiger partial charge in [0.05, 0.1) is 12.3 Å². The van der Waals surface area contributed by atoms with Crippen LogP contribution in [0.15, 0.2) is 0 Å². The minimum Gasteiger partial charge on any atom is -0.313 e. The van der Waals surface area contributed by atoms with E-state index >= 15 is 0 Å². The van der Waals surface area contributed by atoms with Crippen LogP contribution < -0.4 is 16.0 Å². The van der Waals surface area contributed by atoms with Gasteiger partial charge in [0.15, 0.2) is 0 Å². The van der Waals surface area contributed by atoms with Crippen LogP contribution in [0.1, 0.15) is 53.4 Å². The van der Waals surface area contributed by atoms with E-state index in [9.17, 15) is 0 Å². The summed E-state index contributed by atoms with van der Waals surface area (Å²) in [6, 6.07) is 0.593. The lowest BCUT2D eigenvalue weighted by atomic mass is 10.2. The van der Waals surface area contributed by atoms with Crippen LogP contribution in [0.25, 0.3) is 0 Å². The van der Waals surface area contributed by atoms with Crippen LogP contribution >= 0.6 is 0 Å². The Balaban J connectivity index is 4.05. The number of nitrogens with zero attached hydrogens (tertiary/aromatic N) is 1. The van der Waals surface area contributed by atoms with Crippen molar-refractivity contribution in [3.63, 3.8) is 0 Å². The first-order valence-corrected chi connectivity index (χ1v) is 7.95. The lowest BCUT2D eigenvalue weighted by molar-refractivity contribution is 0.174. The molecule has 4 nitrogen and oxygen atoms in total. The summed E-state index contributed by atoms with van der Waals surface area (Å²) in [5.41, 5.74) is 0. The van der Waals surface area contributed by atoms with Gasteiger partial charge in [-0.25, -0.2) is 0 Å². The second-order valence-corrected chi connectivity index (χ2v) is 5.44. The molecule has 19 heavy (non-hydrogen) atoms. The van der Waals surface area contributed by atoms with E-state index in [4.69, 9.17) is 0 Å². The highest BCUT2D eigenvalue weighted by Crippen LogP contribution is 2.00. The molecule has 0 bridgehead atoms. The molecule has 0 rings (SSSR count). The zero-order valence-corrected chi connectivity index (χ0v) is 13.9. The first-order chi connectivity index (χ1) is 9.08. The van der Waals surface area contributed by atoms with Crippen LogP contribution in [0.3, 0.4) is 0 Å². The third kappa shape index (κ3) is 8.58. The van der Waals surface area contributed by atoms with Crippen molar-refractivity contribution in [3.8, 4) is 0 Å². The minimum absolute atomic E-state index is 0.388. The molecule has 0 fully saturated rings. The Hall–Kier alpha value is -0.160. The van der Waals surface area contributed by atoms with Gasteiger partial charge in [0.25, 0.3) is 0 Å². The number of rotatable bonds is 12. The molecule has 0 aromatic heterocycles. The van der Waals surface area contributed by atoms with E-state index in [0.717, 1.165) is 19.5 Å². The summed E-state index contributed by atoms with van der Waals surface area (Å²) in [4.78, 5) is 2.40. The summed E-state index contributed by atoms with van der Waals surface area (Å²) in [5.74, 6) is 0. The van der Waals surface area contributed by atoms with Gasteiger partial charge in [0.1, 0.15) is 0 Å². The first-order valence-electron chi connectivity index (χ1n) is 7.95. The van der Waals surface area contributed by atoms with E-state index in [1.54, 1.807) is 0 Å². The summed E-state index contributed by atoms with van der Waals surface area (Å²) >= 11 is 0. The van der Waals surface area contributed by atoms with E-state index < -0.39 is 0 Å². The molecule has 0 aliphatic carbocycles. The van der Waals surface area contributed by atoms with Crippen LogP contribution in [0.4, 0.5) is 0 Å². The van der Waals surface area contributed by atoms with Crippen molar-refractivity contribution in [2.24, 2.45) is 0 Å². The minimum atomic E-state index is 0.388. The second-order valence-electron chi connectivity index (χ2n) is 5.44. The number of likely N-dealkylation sites (N-methyl/N-ethyl adjacent to an activating group) is 1. The van der Waals surface area contributed by atoms with E-state index in [2.05, 4.69) is 55.6 Å². The molecule has 0 amide bonds. The molecule has 3 unspecified atom stereocenters. The Morgan fingerprint density at radius 2 is 1.79 bits per heavy atom. The molecular weight excluding hydrogens is 236 g/mol. The van der Waals surface area contributed by atoms with Gasteiger partial charge in [-0.1, -0.05) is 27.2 Å². The van der Waals surface area contributed by atoms with Crippen LogP contribution in [0, 0.1) is 0 Å². The van der Waals surface area contributed by atoms with Crippen LogP contribution in [0.2, 0.25) is 0 Å². The highest BCUT2D eigenvalue weighted by Gasteiger charge is 2.15. The van der Waals surface area contributed by atoms with Gasteiger partial charge in [-0.2, -0.15) is 0 Å². The molecule has 0 aromatic rings. The fraction of sp³-hybridized carbons (Fsp3) is 1.00. The number of nitrogens with one attached hydrogen (secondary N) is 3. The topological polar surface area (TPSA) is 39.3 Å². The van der Waals surface area contributed by atoms with Gasteiger partial charge >= 0.3 is 0 Å². The summed E-state index contributed by atoms with van der Waals surface area (Å²) in [6.07, 6.45) is 5.60. The molecule has 116 valence electrons. The summed E-state index contributed by atoms with van der Waals surface area (Å²) in [7, 11) is 4.21. The maximum Gasteiger partial charge on any atom is 0.0578 e. The van der Waals surface area contributed by atoms with Gasteiger partial charge in [0, 0.05) is 12.6 Å². The highest BCUT2D eigenvalue weighted by atomic mass is 15.3. The van der Waals surface area contributed by atoms with Gasteiger partial charge in [-0.15, -0.1) is 0 Å². The van der Waals surface area contributed by atoms with Gasteiger partial charge < -0.3 is 10.6 Å². The highest BCUT2D eigenvalue weighted by molar-refractivity contribution is 4.73. The SMILES string of the molecule is CCCCNC(CC)CN(C)C(C)NC(CC)NC. The molecular formula is C15H36N4. The van der Waals surface area contributed by atoms with Crippen LogP contribution in [-0.2, 0) is 0 Å². The second kappa shape index (κ2) is 11.6. The summed E-state index contributed by atoms with van der Waals surface area (Å²) < 4.78 is 0. The standard InChI is InChI=1S/C15H36N4/c1-7-10-11-17-14(8-2)12-19(6)13(4)18-15(9-3)16-5/h13-18H,7-12H2,1-6H3. The van der Waals surface area contributed by atoms with Crippen molar-refractivity contribution < 1.29 is 0 Å². The van der Waals surface area contributed by atoms with Gasteiger partial charge in [-0.3, -0.25) is 10.2 Å². The molecule has 0 aliphatic heterocycles. The van der Waals surface area contributed by atoms with Crippen molar-refractivity contribution in [1.29, 1.82) is 0 Å². The van der Waals surface area contributed by atoms with Crippen LogP contribution in [-0.4, -0.2) is 50.5 Å². The summed E-state index contributed by atoms with van der Waals surface area (Å²) in [6.45, 7) is 11.2. The van der Waals surface area contributed by atoms with E-state index in [-0.39, 0.29) is 0 Å². The lowest BCUT2D eigenvalue weighted by Crippen LogP contribution is -2.53. The average Bonchev–Trinajstić information content (AvgIpc) is 2.43. The van der Waals surface area contributed by atoms with E-state index in [1.807, 2.05) is 7.05 Å². The fourth-order valence-corrected chi connectivity index (χ4v) is 2.15. The Morgan fingerprint density at radius 1 is 1.11 bits per heavy atom. The summed E-state index contributed by atoms with van der Waals surface area (Å²) in [5, 5.41) is 10.5. The number of hydrogen-bond donors (Lipinski definition) is 3. The van der Waals surface area contributed by atoms with Crippen LogP contribution in [0.5, 0.6) is 0 Å². The largest absolute Gasteiger partial charge is 0.313 e. The fourth-order valence-electron chi connectivity index (χ4n) is 2.15. The predicted molar refractivity (Wildman–Crippen MR) is 85.4 cm³/mol. The van der Waals surface area contributed by atoms with Gasteiger partial charge in [-0.05, 0) is 46.8 Å². The van der Waals surface area contributed by atoms with Crippen molar-refractivity contribution in [1.82, 2.24) is 20.9 Å². The van der Waals surface area contributed by atoms with Crippen molar-refractivity contribution >= 4 is 0 Å². The molecule has 0 saturated heterocycles. The normalized spacial score (nSPS) is 16.6. The number of unbranched alkanes of at least 4 members (excludes halogenated alkanes) is 1. The van der Waals surface area contributed by atoms with Gasteiger partial charge in [0.2, 0.25) is 0 Å². The van der Waals surface area contributed by atoms with Crippen molar-refractivity contribution in [3.05, 3.63) is 0 Å². The average molecular weight is 272 g/mol. The molecule has 3 atom stereocenters. The molecule has 0 aromatic carbocycles. The smallest absolute Gasteiger partial charge is 0.0578 e.